The molecule has 9 nitrogen and oxygen atoms in total. The minimum atomic E-state index is -0.738. The molecule has 9 heteroatoms. The highest BCUT2D eigenvalue weighted by molar-refractivity contribution is 6.03. The Labute approximate surface area is 258 Å². The van der Waals surface area contributed by atoms with E-state index in [1.54, 1.807) is 35.5 Å². The van der Waals surface area contributed by atoms with E-state index in [9.17, 15) is 9.59 Å². The summed E-state index contributed by atoms with van der Waals surface area (Å²) in [6.45, 7) is 12.3. The molecular formula is C34H52N2O7. The van der Waals surface area contributed by atoms with Gasteiger partial charge in [-0.05, 0) is 38.8 Å². The Hall–Kier alpha value is -2.50. The summed E-state index contributed by atoms with van der Waals surface area (Å²) in [4.78, 5) is 31.4. The Morgan fingerprint density at radius 3 is 1.07 bits per heavy atom. The third-order valence-electron chi connectivity index (χ3n) is 8.14. The monoisotopic (exact) mass is 600 g/mol. The zero-order chi connectivity index (χ0) is 32.0. The van der Waals surface area contributed by atoms with Crippen LogP contribution in [0.15, 0.2) is 48.5 Å². The van der Waals surface area contributed by atoms with Gasteiger partial charge in [-0.15, -0.1) is 0 Å². The minimum Gasteiger partial charge on any atom is -0.383 e. The van der Waals surface area contributed by atoms with E-state index in [-0.39, 0.29) is 17.7 Å². The largest absolute Gasteiger partial charge is 0.383 e. The summed E-state index contributed by atoms with van der Waals surface area (Å²) in [6.07, 6.45) is -0.353. The van der Waals surface area contributed by atoms with Gasteiger partial charge in [0, 0.05) is 72.9 Å². The van der Waals surface area contributed by atoms with E-state index in [0.717, 1.165) is 11.1 Å². The van der Waals surface area contributed by atoms with Crippen LogP contribution in [0.25, 0.3) is 0 Å². The van der Waals surface area contributed by atoms with Gasteiger partial charge in [0.05, 0.1) is 37.5 Å². The maximum Gasteiger partial charge on any atom is 0.182 e. The molecule has 0 amide bonds. The quantitative estimate of drug-likeness (QED) is 0.192. The first-order chi connectivity index (χ1) is 20.5. The lowest BCUT2D eigenvalue weighted by Gasteiger charge is -2.37. The minimum absolute atomic E-state index is 0.0238. The Bertz CT molecular complexity index is 1010. The summed E-state index contributed by atoms with van der Waals surface area (Å²) in [5, 5.41) is 0. The van der Waals surface area contributed by atoms with Crippen LogP contribution in [0.5, 0.6) is 0 Å². The van der Waals surface area contributed by atoms with E-state index in [4.69, 9.17) is 23.7 Å². The average Bonchev–Trinajstić information content (AvgIpc) is 3.01. The van der Waals surface area contributed by atoms with E-state index in [1.807, 2.05) is 76.2 Å². The van der Waals surface area contributed by atoms with Gasteiger partial charge in [0.25, 0.3) is 0 Å². The van der Waals surface area contributed by atoms with Gasteiger partial charge in [-0.25, -0.2) is 0 Å². The summed E-state index contributed by atoms with van der Waals surface area (Å²) in [7, 11) is 8.28. The first-order valence-corrected chi connectivity index (χ1v) is 14.8. The Morgan fingerprint density at radius 1 is 0.558 bits per heavy atom. The predicted octanol–water partition coefficient (Wildman–Crippen LogP) is 4.53. The second-order valence-electron chi connectivity index (χ2n) is 11.6. The SMILES string of the molecule is COCCN(CCOC)C(C)(C)C(=O)c1ccc(C(OC)c2ccc(C(=O)C(C)(C)N(CCOC)CCOC)cc2)cc1. The molecular weight excluding hydrogens is 548 g/mol. The molecule has 0 aliphatic carbocycles. The molecule has 0 aliphatic heterocycles. The van der Waals surface area contributed by atoms with Gasteiger partial charge in [-0.3, -0.25) is 19.4 Å². The summed E-state index contributed by atoms with van der Waals surface area (Å²) in [5.74, 6) is 0.0477. The van der Waals surface area contributed by atoms with E-state index in [1.165, 1.54) is 0 Å². The molecule has 2 aromatic rings. The number of carbonyl (C=O) groups excluding carboxylic acids is 2. The molecule has 0 heterocycles. The molecule has 43 heavy (non-hydrogen) atoms. The van der Waals surface area contributed by atoms with Crippen molar-refractivity contribution in [1.82, 2.24) is 9.80 Å². The zero-order valence-electron chi connectivity index (χ0n) is 27.6. The van der Waals surface area contributed by atoms with Gasteiger partial charge in [0.2, 0.25) is 0 Å². The van der Waals surface area contributed by atoms with E-state index < -0.39 is 11.1 Å². The lowest BCUT2D eigenvalue weighted by atomic mass is 9.89. The topological polar surface area (TPSA) is 86.8 Å². The van der Waals surface area contributed by atoms with Crippen molar-refractivity contribution < 1.29 is 33.3 Å². The lowest BCUT2D eigenvalue weighted by Crippen LogP contribution is -2.52. The molecule has 2 aromatic carbocycles. The number of rotatable bonds is 21. The maximum atomic E-state index is 13.6. The number of carbonyl (C=O) groups is 2. The van der Waals surface area contributed by atoms with Crippen LogP contribution in [0.2, 0.25) is 0 Å². The molecule has 0 spiro atoms. The fourth-order valence-corrected chi connectivity index (χ4v) is 5.22. The summed E-state index contributed by atoms with van der Waals surface area (Å²) >= 11 is 0. The van der Waals surface area contributed by atoms with Crippen LogP contribution in [-0.4, -0.2) is 121 Å². The Balaban J connectivity index is 2.23. The molecule has 0 saturated heterocycles. The van der Waals surface area contributed by atoms with Gasteiger partial charge in [-0.1, -0.05) is 48.5 Å². The Kier molecular flexibility index (Phi) is 15.1. The van der Waals surface area contributed by atoms with Crippen LogP contribution in [0.3, 0.4) is 0 Å². The highest BCUT2D eigenvalue weighted by atomic mass is 16.5. The summed E-state index contributed by atoms with van der Waals surface area (Å²) < 4.78 is 26.9. The van der Waals surface area contributed by atoms with E-state index in [2.05, 4.69) is 9.80 Å². The van der Waals surface area contributed by atoms with Gasteiger partial charge >= 0.3 is 0 Å². The Morgan fingerprint density at radius 2 is 0.837 bits per heavy atom. The number of ketones is 2. The molecule has 0 N–H and O–H groups in total. The highest BCUT2D eigenvalue weighted by Crippen LogP contribution is 2.29. The second-order valence-corrected chi connectivity index (χ2v) is 11.6. The van der Waals surface area contributed by atoms with Gasteiger partial charge in [-0.2, -0.15) is 0 Å². The summed E-state index contributed by atoms with van der Waals surface area (Å²) in [5.41, 5.74) is 1.60. The van der Waals surface area contributed by atoms with Crippen molar-refractivity contribution in [2.45, 2.75) is 44.9 Å². The highest BCUT2D eigenvalue weighted by Gasteiger charge is 2.36. The predicted molar refractivity (Wildman–Crippen MR) is 169 cm³/mol. The van der Waals surface area contributed by atoms with Crippen molar-refractivity contribution in [3.8, 4) is 0 Å². The number of nitrogens with zero attached hydrogens (tertiary/aromatic N) is 2. The second kappa shape index (κ2) is 17.7. The van der Waals surface area contributed by atoms with Crippen molar-refractivity contribution in [3.63, 3.8) is 0 Å². The van der Waals surface area contributed by atoms with Crippen molar-refractivity contribution in [3.05, 3.63) is 70.8 Å². The fraction of sp³-hybridized carbons (Fsp3) is 0.588. The van der Waals surface area contributed by atoms with Gasteiger partial charge < -0.3 is 23.7 Å². The van der Waals surface area contributed by atoms with Crippen LogP contribution < -0.4 is 0 Å². The maximum absolute atomic E-state index is 13.6. The van der Waals surface area contributed by atoms with Crippen LogP contribution in [0, 0.1) is 0 Å². The smallest absolute Gasteiger partial charge is 0.182 e. The molecule has 0 saturated carbocycles. The molecule has 0 aliphatic rings. The van der Waals surface area contributed by atoms with Crippen LogP contribution in [0.1, 0.15) is 65.6 Å². The van der Waals surface area contributed by atoms with Crippen molar-refractivity contribution >= 4 is 11.6 Å². The van der Waals surface area contributed by atoms with Gasteiger partial charge in [0.1, 0.15) is 6.10 Å². The van der Waals surface area contributed by atoms with Crippen molar-refractivity contribution in [1.29, 1.82) is 0 Å². The van der Waals surface area contributed by atoms with E-state index >= 15 is 0 Å². The molecule has 0 unspecified atom stereocenters. The number of Topliss-reactive ketones (excluding diaryl/α,β-unsaturated/α-hetero) is 2. The average molecular weight is 601 g/mol. The van der Waals surface area contributed by atoms with Gasteiger partial charge in [0.15, 0.2) is 11.6 Å². The number of hydrogen-bond acceptors (Lipinski definition) is 9. The standard InChI is InChI=1S/C34H52N2O7/c1-33(2,35(18-22-39-5)19-23-40-6)31(37)28-14-10-26(11-15-28)30(43-9)27-12-16-29(17-13-27)32(38)34(3,4)36(20-24-41-7)21-25-42-8/h10-17,30H,18-25H2,1-9H3. The molecule has 0 fully saturated rings. The number of hydrogen-bond donors (Lipinski definition) is 0. The molecule has 2 rings (SSSR count). The number of methoxy groups -OCH3 is 5. The third kappa shape index (κ3) is 9.74. The molecule has 240 valence electrons. The first-order valence-electron chi connectivity index (χ1n) is 14.8. The normalized spacial score (nSPS) is 12.5. The number of ether oxygens (including phenoxy) is 5. The van der Waals surface area contributed by atoms with E-state index in [0.29, 0.717) is 63.7 Å². The summed E-state index contributed by atoms with van der Waals surface area (Å²) in [6, 6.07) is 15.1. The fourth-order valence-electron chi connectivity index (χ4n) is 5.22. The van der Waals surface area contributed by atoms with Crippen LogP contribution in [0.4, 0.5) is 0 Å². The molecule has 0 bridgehead atoms. The number of benzene rings is 2. The first kappa shape index (κ1) is 36.7. The molecule has 0 radical (unpaired) electrons. The zero-order valence-corrected chi connectivity index (χ0v) is 27.6. The van der Waals surface area contributed by atoms with Crippen molar-refractivity contribution in [2.24, 2.45) is 0 Å². The lowest BCUT2D eigenvalue weighted by molar-refractivity contribution is 0.0415. The van der Waals surface area contributed by atoms with Crippen molar-refractivity contribution in [2.75, 3.05) is 88.2 Å². The van der Waals surface area contributed by atoms with Crippen LogP contribution >= 0.6 is 0 Å². The molecule has 0 atom stereocenters. The third-order valence-corrected chi connectivity index (χ3v) is 8.14. The van der Waals surface area contributed by atoms with Crippen LogP contribution in [-0.2, 0) is 23.7 Å². The molecule has 0 aromatic heterocycles.